The maximum absolute atomic E-state index is 11.8. The first-order valence-corrected chi connectivity index (χ1v) is 8.24. The predicted molar refractivity (Wildman–Crippen MR) is 95.7 cm³/mol. The normalized spacial score (nSPS) is 11.0. The number of hydrazone groups is 1. The number of nitrogens with zero attached hydrogens (tertiary/aromatic N) is 3. The van der Waals surface area contributed by atoms with Crippen LogP contribution in [0.4, 0.5) is 5.69 Å². The van der Waals surface area contributed by atoms with Gasteiger partial charge in [0.05, 0.1) is 27.9 Å². The Bertz CT molecular complexity index is 903. The summed E-state index contributed by atoms with van der Waals surface area (Å²) >= 11 is 1.28. The number of nitro benzene ring substituents is 1. The SMILES string of the molecule is O=C(CSc1nc2ccccc2[nH]1)NN=Cc1ccc([N+](=O)[O-])cc1. The zero-order valence-electron chi connectivity index (χ0n) is 12.9. The van der Waals surface area contributed by atoms with Gasteiger partial charge in [-0.2, -0.15) is 5.10 Å². The number of fused-ring (bicyclic) bond motifs is 1. The van der Waals surface area contributed by atoms with Crippen molar-refractivity contribution in [3.8, 4) is 0 Å². The molecule has 0 saturated heterocycles. The number of carbonyl (C=O) groups excluding carboxylic acids is 1. The van der Waals surface area contributed by atoms with Gasteiger partial charge in [0, 0.05) is 12.1 Å². The molecule has 126 valence electrons. The van der Waals surface area contributed by atoms with Gasteiger partial charge >= 0.3 is 0 Å². The van der Waals surface area contributed by atoms with E-state index in [1.807, 2.05) is 24.3 Å². The molecule has 0 unspecified atom stereocenters. The highest BCUT2D eigenvalue weighted by molar-refractivity contribution is 7.99. The van der Waals surface area contributed by atoms with Crippen molar-refractivity contribution in [1.82, 2.24) is 15.4 Å². The molecule has 0 fully saturated rings. The molecular formula is C16H13N5O3S. The van der Waals surface area contributed by atoms with Crippen LogP contribution in [0.2, 0.25) is 0 Å². The lowest BCUT2D eigenvalue weighted by atomic mass is 10.2. The van der Waals surface area contributed by atoms with E-state index in [2.05, 4.69) is 20.5 Å². The molecule has 0 radical (unpaired) electrons. The molecule has 0 aliphatic heterocycles. The summed E-state index contributed by atoms with van der Waals surface area (Å²) in [6.45, 7) is 0. The van der Waals surface area contributed by atoms with E-state index in [0.717, 1.165) is 11.0 Å². The fourth-order valence-corrected chi connectivity index (χ4v) is 2.70. The lowest BCUT2D eigenvalue weighted by molar-refractivity contribution is -0.384. The predicted octanol–water partition coefficient (Wildman–Crippen LogP) is 2.71. The number of hydrogen-bond donors (Lipinski definition) is 2. The van der Waals surface area contributed by atoms with Crippen LogP contribution in [-0.2, 0) is 4.79 Å². The molecule has 0 aliphatic carbocycles. The number of nitro groups is 1. The van der Waals surface area contributed by atoms with Crippen molar-refractivity contribution in [2.24, 2.45) is 5.10 Å². The summed E-state index contributed by atoms with van der Waals surface area (Å²) in [6, 6.07) is 13.5. The third kappa shape index (κ3) is 4.42. The van der Waals surface area contributed by atoms with Gasteiger partial charge in [0.2, 0.25) is 0 Å². The van der Waals surface area contributed by atoms with Gasteiger partial charge in [-0.25, -0.2) is 10.4 Å². The van der Waals surface area contributed by atoms with Gasteiger partial charge in [-0.1, -0.05) is 23.9 Å². The molecule has 9 heteroatoms. The van der Waals surface area contributed by atoms with Crippen LogP contribution < -0.4 is 5.43 Å². The monoisotopic (exact) mass is 355 g/mol. The molecule has 2 N–H and O–H groups in total. The molecule has 3 aromatic rings. The first kappa shape index (κ1) is 16.7. The molecule has 0 atom stereocenters. The van der Waals surface area contributed by atoms with Crippen LogP contribution in [-0.4, -0.2) is 32.8 Å². The second-order valence-corrected chi connectivity index (χ2v) is 5.95. The van der Waals surface area contributed by atoms with Gasteiger partial charge in [-0.05, 0) is 29.8 Å². The first-order valence-electron chi connectivity index (χ1n) is 7.26. The number of benzene rings is 2. The van der Waals surface area contributed by atoms with Crippen LogP contribution in [0.15, 0.2) is 58.8 Å². The Labute approximate surface area is 146 Å². The van der Waals surface area contributed by atoms with Gasteiger partial charge in [0.1, 0.15) is 0 Å². The van der Waals surface area contributed by atoms with Crippen LogP contribution in [0.5, 0.6) is 0 Å². The number of amides is 1. The van der Waals surface area contributed by atoms with E-state index in [1.54, 1.807) is 12.1 Å². The summed E-state index contributed by atoms with van der Waals surface area (Å²) in [5.41, 5.74) is 4.83. The van der Waals surface area contributed by atoms with Gasteiger partial charge in [0.15, 0.2) is 5.16 Å². The number of imidazole rings is 1. The Hall–Kier alpha value is -3.20. The average Bonchev–Trinajstić information content (AvgIpc) is 3.03. The summed E-state index contributed by atoms with van der Waals surface area (Å²) in [7, 11) is 0. The van der Waals surface area contributed by atoms with E-state index in [-0.39, 0.29) is 17.3 Å². The highest BCUT2D eigenvalue weighted by Gasteiger charge is 2.06. The topological polar surface area (TPSA) is 113 Å². The Morgan fingerprint density at radius 1 is 1.28 bits per heavy atom. The van der Waals surface area contributed by atoms with E-state index < -0.39 is 4.92 Å². The Morgan fingerprint density at radius 3 is 2.76 bits per heavy atom. The zero-order valence-corrected chi connectivity index (χ0v) is 13.7. The van der Waals surface area contributed by atoms with E-state index in [0.29, 0.717) is 10.7 Å². The highest BCUT2D eigenvalue weighted by Crippen LogP contribution is 2.18. The van der Waals surface area contributed by atoms with E-state index in [4.69, 9.17) is 0 Å². The Balaban J connectivity index is 1.49. The van der Waals surface area contributed by atoms with Crippen LogP contribution in [0.25, 0.3) is 11.0 Å². The van der Waals surface area contributed by atoms with Crippen LogP contribution in [0.3, 0.4) is 0 Å². The smallest absolute Gasteiger partial charge is 0.269 e. The maximum atomic E-state index is 11.8. The van der Waals surface area contributed by atoms with Crippen molar-refractivity contribution in [3.63, 3.8) is 0 Å². The Morgan fingerprint density at radius 2 is 2.04 bits per heavy atom. The second-order valence-electron chi connectivity index (χ2n) is 4.99. The molecule has 1 aromatic heterocycles. The van der Waals surface area contributed by atoms with Crippen molar-refractivity contribution in [3.05, 3.63) is 64.2 Å². The second kappa shape index (κ2) is 7.58. The molecule has 3 rings (SSSR count). The zero-order chi connectivity index (χ0) is 17.6. The number of hydrogen-bond acceptors (Lipinski definition) is 6. The number of nitrogens with one attached hydrogen (secondary N) is 2. The third-order valence-corrected chi connectivity index (χ3v) is 4.09. The Kier molecular flexibility index (Phi) is 5.05. The number of thioether (sulfide) groups is 1. The van der Waals surface area contributed by atoms with Crippen LogP contribution in [0.1, 0.15) is 5.56 Å². The fraction of sp³-hybridized carbons (Fsp3) is 0.0625. The third-order valence-electron chi connectivity index (χ3n) is 3.21. The van der Waals surface area contributed by atoms with Gasteiger partial charge < -0.3 is 4.98 Å². The van der Waals surface area contributed by atoms with E-state index in [1.165, 1.54) is 30.1 Å². The average molecular weight is 355 g/mol. The minimum Gasteiger partial charge on any atom is -0.333 e. The lowest BCUT2D eigenvalue weighted by Crippen LogP contribution is -2.19. The first-order chi connectivity index (χ1) is 12.1. The standard InChI is InChI=1S/C16H13N5O3S/c22-15(10-25-16-18-13-3-1-2-4-14(13)19-16)20-17-9-11-5-7-12(8-6-11)21(23)24/h1-9H,10H2,(H,18,19)(H,20,22). The van der Waals surface area contributed by atoms with Crippen molar-refractivity contribution >= 4 is 40.6 Å². The highest BCUT2D eigenvalue weighted by atomic mass is 32.2. The summed E-state index contributed by atoms with van der Waals surface area (Å²) in [5, 5.41) is 15.1. The maximum Gasteiger partial charge on any atom is 0.269 e. The number of para-hydroxylation sites is 2. The van der Waals surface area contributed by atoms with Crippen molar-refractivity contribution in [2.75, 3.05) is 5.75 Å². The fourth-order valence-electron chi connectivity index (χ4n) is 2.02. The molecule has 0 saturated carbocycles. The molecular weight excluding hydrogens is 342 g/mol. The van der Waals surface area contributed by atoms with Gasteiger partial charge in [-0.3, -0.25) is 14.9 Å². The molecule has 8 nitrogen and oxygen atoms in total. The van der Waals surface area contributed by atoms with Crippen molar-refractivity contribution in [1.29, 1.82) is 0 Å². The summed E-state index contributed by atoms with van der Waals surface area (Å²) in [4.78, 5) is 29.4. The summed E-state index contributed by atoms with van der Waals surface area (Å²) < 4.78 is 0. The van der Waals surface area contributed by atoms with Crippen LogP contribution in [0, 0.1) is 10.1 Å². The molecule has 25 heavy (non-hydrogen) atoms. The number of carbonyl (C=O) groups is 1. The number of rotatable bonds is 6. The molecule has 0 aliphatic rings. The minimum absolute atomic E-state index is 0.00317. The molecule has 2 aromatic carbocycles. The quantitative estimate of drug-likeness (QED) is 0.305. The van der Waals surface area contributed by atoms with Gasteiger partial charge in [-0.15, -0.1) is 0 Å². The van der Waals surface area contributed by atoms with Gasteiger partial charge in [0.25, 0.3) is 11.6 Å². The largest absolute Gasteiger partial charge is 0.333 e. The molecule has 1 amide bonds. The number of aromatic amines is 1. The minimum atomic E-state index is -0.474. The molecule has 1 heterocycles. The summed E-state index contributed by atoms with van der Waals surface area (Å²) in [6.07, 6.45) is 1.42. The van der Waals surface area contributed by atoms with Crippen LogP contribution >= 0.6 is 11.8 Å². The molecule has 0 spiro atoms. The van der Waals surface area contributed by atoms with Crippen molar-refractivity contribution in [2.45, 2.75) is 5.16 Å². The van der Waals surface area contributed by atoms with Crippen molar-refractivity contribution < 1.29 is 9.72 Å². The summed E-state index contributed by atoms with van der Waals surface area (Å²) in [5.74, 6) is -0.110. The lowest BCUT2D eigenvalue weighted by Gasteiger charge is -1.98. The molecule has 0 bridgehead atoms. The number of non-ortho nitro benzene ring substituents is 1. The van der Waals surface area contributed by atoms with E-state index >= 15 is 0 Å². The number of aromatic nitrogens is 2. The van der Waals surface area contributed by atoms with E-state index in [9.17, 15) is 14.9 Å². The number of H-pyrrole nitrogens is 1.